The summed E-state index contributed by atoms with van der Waals surface area (Å²) in [4.78, 5) is 2.68. The average molecular weight is 252 g/mol. The molecule has 0 aromatic heterocycles. The molecule has 2 N–H and O–H groups in total. The third-order valence-electron chi connectivity index (χ3n) is 5.79. The van der Waals surface area contributed by atoms with Crippen LogP contribution in [0.5, 0.6) is 0 Å². The lowest BCUT2D eigenvalue weighted by Crippen LogP contribution is -2.58. The molecule has 2 aliphatic rings. The number of fused-ring (bicyclic) bond motifs is 1. The van der Waals surface area contributed by atoms with Crippen LogP contribution < -0.4 is 5.73 Å². The van der Waals surface area contributed by atoms with Crippen molar-refractivity contribution in [3.05, 3.63) is 0 Å². The summed E-state index contributed by atoms with van der Waals surface area (Å²) >= 11 is 0. The summed E-state index contributed by atoms with van der Waals surface area (Å²) in [7, 11) is 2.35. The van der Waals surface area contributed by atoms with Crippen LogP contribution in [0.4, 0.5) is 0 Å². The van der Waals surface area contributed by atoms with Gasteiger partial charge in [0, 0.05) is 11.6 Å². The Labute approximate surface area is 113 Å². The number of rotatable bonds is 3. The molecule has 1 aliphatic heterocycles. The molecule has 0 aromatic carbocycles. The van der Waals surface area contributed by atoms with Gasteiger partial charge in [0.05, 0.1) is 0 Å². The molecule has 1 aliphatic carbocycles. The van der Waals surface area contributed by atoms with E-state index >= 15 is 0 Å². The molecule has 0 bridgehead atoms. The summed E-state index contributed by atoms with van der Waals surface area (Å²) < 4.78 is 0. The normalized spacial score (nSPS) is 40.5. The number of hydrogen-bond donors (Lipinski definition) is 1. The molecule has 0 amide bonds. The summed E-state index contributed by atoms with van der Waals surface area (Å²) in [6.45, 7) is 8.19. The third kappa shape index (κ3) is 2.75. The molecule has 4 atom stereocenters. The van der Waals surface area contributed by atoms with E-state index in [1.54, 1.807) is 0 Å². The molecule has 2 nitrogen and oxygen atoms in total. The smallest absolute Gasteiger partial charge is 0.0155 e. The van der Waals surface area contributed by atoms with E-state index in [0.29, 0.717) is 5.54 Å². The number of nitrogens with zero attached hydrogens (tertiary/aromatic N) is 1. The van der Waals surface area contributed by atoms with Gasteiger partial charge in [-0.05, 0) is 83.7 Å². The summed E-state index contributed by atoms with van der Waals surface area (Å²) in [6.07, 6.45) is 8.22. The molecule has 0 radical (unpaired) electrons. The highest BCUT2D eigenvalue weighted by Gasteiger charge is 2.45. The Balaban J connectivity index is 2.00. The molecule has 0 spiro atoms. The highest BCUT2D eigenvalue weighted by molar-refractivity contribution is 4.99. The molecule has 2 fully saturated rings. The zero-order valence-corrected chi connectivity index (χ0v) is 12.8. The molecule has 4 unspecified atom stereocenters. The molecule has 1 saturated heterocycles. The lowest BCUT2D eigenvalue weighted by Gasteiger charge is -2.55. The standard InChI is InChI=1S/C16H32N2/c1-12-11-16(2,3)18(4)15-8-7-13(6-5-9-17)10-14(12)15/h12-15H,5-11,17H2,1-4H3. The number of likely N-dealkylation sites (tertiary alicyclic amines) is 1. The highest BCUT2D eigenvalue weighted by Crippen LogP contribution is 2.46. The van der Waals surface area contributed by atoms with Crippen molar-refractivity contribution >= 4 is 0 Å². The van der Waals surface area contributed by atoms with Gasteiger partial charge in [-0.1, -0.05) is 6.92 Å². The predicted octanol–water partition coefficient (Wildman–Crippen LogP) is 3.26. The fourth-order valence-electron chi connectivity index (χ4n) is 4.57. The van der Waals surface area contributed by atoms with Gasteiger partial charge in [0.25, 0.3) is 0 Å². The molecule has 106 valence electrons. The van der Waals surface area contributed by atoms with Gasteiger partial charge >= 0.3 is 0 Å². The van der Waals surface area contributed by atoms with E-state index in [1.165, 1.54) is 38.5 Å². The minimum atomic E-state index is 0.394. The molecular weight excluding hydrogens is 220 g/mol. The fourth-order valence-corrected chi connectivity index (χ4v) is 4.57. The van der Waals surface area contributed by atoms with Crippen LogP contribution in [0.25, 0.3) is 0 Å². The maximum absolute atomic E-state index is 5.65. The Morgan fingerprint density at radius 1 is 1.28 bits per heavy atom. The van der Waals surface area contributed by atoms with Gasteiger partial charge < -0.3 is 5.73 Å². The van der Waals surface area contributed by atoms with Crippen molar-refractivity contribution in [1.82, 2.24) is 4.90 Å². The van der Waals surface area contributed by atoms with Crippen molar-refractivity contribution in [2.24, 2.45) is 23.5 Å². The Morgan fingerprint density at radius 3 is 2.67 bits per heavy atom. The summed E-state index contributed by atoms with van der Waals surface area (Å²) in [6, 6.07) is 0.831. The van der Waals surface area contributed by atoms with Crippen LogP contribution in [0.1, 0.15) is 59.3 Å². The van der Waals surface area contributed by atoms with Crippen LogP contribution in [0.2, 0.25) is 0 Å². The van der Waals surface area contributed by atoms with Crippen LogP contribution in [0.15, 0.2) is 0 Å². The summed E-state index contributed by atoms with van der Waals surface area (Å²) in [5.74, 6) is 2.77. The Hall–Kier alpha value is -0.0800. The first-order chi connectivity index (χ1) is 8.45. The molecular formula is C16H32N2. The van der Waals surface area contributed by atoms with Crippen molar-refractivity contribution in [1.29, 1.82) is 0 Å². The van der Waals surface area contributed by atoms with Crippen molar-refractivity contribution in [3.8, 4) is 0 Å². The van der Waals surface area contributed by atoms with Crippen LogP contribution in [-0.4, -0.2) is 30.1 Å². The zero-order valence-electron chi connectivity index (χ0n) is 12.8. The minimum absolute atomic E-state index is 0.394. The van der Waals surface area contributed by atoms with Crippen molar-refractivity contribution < 1.29 is 0 Å². The first kappa shape index (κ1) is 14.3. The quantitative estimate of drug-likeness (QED) is 0.835. The van der Waals surface area contributed by atoms with E-state index in [9.17, 15) is 0 Å². The minimum Gasteiger partial charge on any atom is -0.330 e. The van der Waals surface area contributed by atoms with Gasteiger partial charge in [0.15, 0.2) is 0 Å². The second kappa shape index (κ2) is 5.50. The Kier molecular flexibility index (Phi) is 4.38. The number of hydrogen-bond acceptors (Lipinski definition) is 2. The van der Waals surface area contributed by atoms with Gasteiger partial charge in [-0.25, -0.2) is 0 Å². The lowest BCUT2D eigenvalue weighted by molar-refractivity contribution is -0.0518. The molecule has 1 saturated carbocycles. The molecule has 18 heavy (non-hydrogen) atoms. The van der Waals surface area contributed by atoms with Gasteiger partial charge in [-0.2, -0.15) is 0 Å². The van der Waals surface area contributed by atoms with Gasteiger partial charge in [-0.3, -0.25) is 4.90 Å². The van der Waals surface area contributed by atoms with E-state index in [-0.39, 0.29) is 0 Å². The van der Waals surface area contributed by atoms with E-state index in [4.69, 9.17) is 5.73 Å². The summed E-state index contributed by atoms with van der Waals surface area (Å²) in [5.41, 5.74) is 6.05. The third-order valence-corrected chi connectivity index (χ3v) is 5.79. The van der Waals surface area contributed by atoms with Crippen molar-refractivity contribution in [2.75, 3.05) is 13.6 Å². The monoisotopic (exact) mass is 252 g/mol. The topological polar surface area (TPSA) is 29.3 Å². The van der Waals surface area contributed by atoms with Gasteiger partial charge in [0.2, 0.25) is 0 Å². The number of piperidine rings is 1. The van der Waals surface area contributed by atoms with Crippen LogP contribution in [0.3, 0.4) is 0 Å². The Bertz CT molecular complexity index is 274. The fraction of sp³-hybridized carbons (Fsp3) is 1.00. The first-order valence-electron chi connectivity index (χ1n) is 7.88. The van der Waals surface area contributed by atoms with Gasteiger partial charge in [-0.15, -0.1) is 0 Å². The van der Waals surface area contributed by atoms with E-state index < -0.39 is 0 Å². The van der Waals surface area contributed by atoms with E-state index in [1.807, 2.05) is 0 Å². The van der Waals surface area contributed by atoms with Crippen molar-refractivity contribution in [3.63, 3.8) is 0 Å². The van der Waals surface area contributed by atoms with E-state index in [0.717, 1.165) is 30.3 Å². The van der Waals surface area contributed by atoms with Crippen LogP contribution >= 0.6 is 0 Å². The highest BCUT2D eigenvalue weighted by atomic mass is 15.2. The zero-order chi connectivity index (χ0) is 13.3. The molecule has 2 rings (SSSR count). The van der Waals surface area contributed by atoms with E-state index in [2.05, 4.69) is 32.7 Å². The predicted molar refractivity (Wildman–Crippen MR) is 78.5 cm³/mol. The number of nitrogens with two attached hydrogens (primary N) is 1. The molecule has 1 heterocycles. The second-order valence-corrected chi connectivity index (χ2v) is 7.45. The van der Waals surface area contributed by atoms with Crippen LogP contribution in [-0.2, 0) is 0 Å². The maximum atomic E-state index is 5.65. The summed E-state index contributed by atoms with van der Waals surface area (Å²) in [5, 5.41) is 0. The van der Waals surface area contributed by atoms with Gasteiger partial charge in [0.1, 0.15) is 0 Å². The first-order valence-corrected chi connectivity index (χ1v) is 7.88. The lowest BCUT2D eigenvalue weighted by atomic mass is 9.64. The Morgan fingerprint density at radius 2 is 2.00 bits per heavy atom. The second-order valence-electron chi connectivity index (χ2n) is 7.45. The molecule has 0 aromatic rings. The SMILES string of the molecule is CC1CC(C)(C)N(C)C2CCC(CCCN)CC12. The van der Waals surface area contributed by atoms with Crippen molar-refractivity contribution in [2.45, 2.75) is 70.9 Å². The maximum Gasteiger partial charge on any atom is 0.0155 e. The average Bonchev–Trinajstić information content (AvgIpc) is 2.33. The molecule has 2 heteroatoms. The largest absolute Gasteiger partial charge is 0.330 e. The van der Waals surface area contributed by atoms with Crippen LogP contribution in [0, 0.1) is 17.8 Å².